The number of H-pyrrole nitrogens is 1. The topological polar surface area (TPSA) is 50.8 Å². The van der Waals surface area contributed by atoms with Crippen molar-refractivity contribution in [1.82, 2.24) is 15.0 Å². The molecule has 2 aromatic heterocycles. The number of pyridine rings is 1. The molecule has 2 rings (SSSR count). The maximum absolute atomic E-state index is 5.15. The zero-order valence-corrected chi connectivity index (χ0v) is 8.91. The summed E-state index contributed by atoms with van der Waals surface area (Å²) in [5.74, 6) is 0.700. The van der Waals surface area contributed by atoms with E-state index in [9.17, 15) is 0 Å². The molecule has 4 nitrogen and oxygen atoms in total. The number of hydrogen-bond donors (Lipinski definition) is 1. The fourth-order valence-electron chi connectivity index (χ4n) is 1.23. The van der Waals surface area contributed by atoms with Crippen LogP contribution in [0.3, 0.4) is 0 Å². The van der Waals surface area contributed by atoms with E-state index in [-0.39, 0.29) is 0 Å². The average Bonchev–Trinajstić information content (AvgIpc) is 2.30. The Kier molecular flexibility index (Phi) is 2.73. The summed E-state index contributed by atoms with van der Waals surface area (Å²) in [6.45, 7) is 0. The highest BCUT2D eigenvalue weighted by Gasteiger charge is 2.02. The minimum absolute atomic E-state index is 0.639. The van der Waals surface area contributed by atoms with Gasteiger partial charge in [0.2, 0.25) is 0 Å². The molecule has 0 radical (unpaired) electrons. The lowest BCUT2D eigenvalue weighted by atomic mass is 10.1. The van der Waals surface area contributed by atoms with Crippen molar-refractivity contribution < 1.29 is 4.74 Å². The van der Waals surface area contributed by atoms with Gasteiger partial charge in [0.1, 0.15) is 10.4 Å². The van der Waals surface area contributed by atoms with Gasteiger partial charge in [-0.25, -0.2) is 4.98 Å². The highest BCUT2D eigenvalue weighted by molar-refractivity contribution is 7.71. The van der Waals surface area contributed by atoms with Crippen molar-refractivity contribution in [2.75, 3.05) is 7.11 Å². The van der Waals surface area contributed by atoms with Gasteiger partial charge in [0.25, 0.3) is 0 Å². The molecule has 0 saturated carbocycles. The quantitative estimate of drug-likeness (QED) is 0.787. The monoisotopic (exact) mass is 219 g/mol. The zero-order valence-electron chi connectivity index (χ0n) is 8.10. The minimum atomic E-state index is 0.639. The van der Waals surface area contributed by atoms with Crippen LogP contribution >= 0.6 is 12.2 Å². The van der Waals surface area contributed by atoms with Crippen molar-refractivity contribution in [3.05, 3.63) is 35.6 Å². The Morgan fingerprint density at radius 1 is 1.27 bits per heavy atom. The third-order valence-electron chi connectivity index (χ3n) is 1.98. The van der Waals surface area contributed by atoms with Gasteiger partial charge in [0.15, 0.2) is 0 Å². The standard InChI is InChI=1S/C10H9N3OS/c1-14-8-2-7(3-11-4-8)9-5-12-6-13-10(9)15/h2-6H,1H3,(H,12,13,15). The van der Waals surface area contributed by atoms with Gasteiger partial charge < -0.3 is 9.72 Å². The van der Waals surface area contributed by atoms with Crippen LogP contribution in [0.4, 0.5) is 0 Å². The number of rotatable bonds is 2. The Balaban J connectivity index is 2.54. The first-order chi connectivity index (χ1) is 7.31. The Morgan fingerprint density at radius 2 is 2.13 bits per heavy atom. The molecule has 0 aliphatic rings. The van der Waals surface area contributed by atoms with Crippen molar-refractivity contribution in [2.45, 2.75) is 0 Å². The number of aromatic amines is 1. The molecule has 2 aromatic rings. The smallest absolute Gasteiger partial charge is 0.137 e. The first-order valence-electron chi connectivity index (χ1n) is 4.33. The summed E-state index contributed by atoms with van der Waals surface area (Å²) in [5.41, 5.74) is 1.74. The third-order valence-corrected chi connectivity index (χ3v) is 2.32. The lowest BCUT2D eigenvalue weighted by Crippen LogP contribution is -1.88. The van der Waals surface area contributed by atoms with E-state index in [0.29, 0.717) is 10.4 Å². The van der Waals surface area contributed by atoms with Crippen LogP contribution < -0.4 is 4.74 Å². The number of hydrogen-bond acceptors (Lipinski definition) is 4. The highest BCUT2D eigenvalue weighted by atomic mass is 32.1. The summed E-state index contributed by atoms with van der Waals surface area (Å²) in [6, 6.07) is 1.87. The molecular weight excluding hydrogens is 210 g/mol. The van der Waals surface area contributed by atoms with Gasteiger partial charge in [0.05, 0.1) is 19.6 Å². The van der Waals surface area contributed by atoms with Crippen LogP contribution in [0.1, 0.15) is 0 Å². The number of aromatic nitrogens is 3. The first kappa shape index (κ1) is 9.79. The SMILES string of the molecule is COc1cncc(-c2cnc[nH]c2=S)c1. The lowest BCUT2D eigenvalue weighted by Gasteiger charge is -2.03. The van der Waals surface area contributed by atoms with E-state index >= 15 is 0 Å². The molecule has 0 fully saturated rings. The number of nitrogens with zero attached hydrogens (tertiary/aromatic N) is 2. The fraction of sp³-hybridized carbons (Fsp3) is 0.100. The Hall–Kier alpha value is -1.75. The van der Waals surface area contributed by atoms with Crippen molar-refractivity contribution in [3.8, 4) is 16.9 Å². The van der Waals surface area contributed by atoms with E-state index in [0.717, 1.165) is 11.1 Å². The molecular formula is C10H9N3OS. The van der Waals surface area contributed by atoms with Crippen molar-refractivity contribution in [1.29, 1.82) is 0 Å². The zero-order chi connectivity index (χ0) is 10.7. The molecule has 0 atom stereocenters. The molecule has 1 N–H and O–H groups in total. The second-order valence-corrected chi connectivity index (χ2v) is 3.32. The summed E-state index contributed by atoms with van der Waals surface area (Å²) in [5, 5.41) is 0. The molecule has 76 valence electrons. The molecule has 0 spiro atoms. The highest BCUT2D eigenvalue weighted by Crippen LogP contribution is 2.21. The molecule has 5 heteroatoms. The number of nitrogens with one attached hydrogen (secondary N) is 1. The van der Waals surface area contributed by atoms with Crippen LogP contribution in [-0.4, -0.2) is 22.1 Å². The van der Waals surface area contributed by atoms with Gasteiger partial charge >= 0.3 is 0 Å². The summed E-state index contributed by atoms with van der Waals surface area (Å²) in [6.07, 6.45) is 6.63. The van der Waals surface area contributed by atoms with Gasteiger partial charge in [-0.3, -0.25) is 4.98 Å². The average molecular weight is 219 g/mol. The van der Waals surface area contributed by atoms with Crippen LogP contribution in [0.15, 0.2) is 31.0 Å². The van der Waals surface area contributed by atoms with Gasteiger partial charge in [-0.2, -0.15) is 0 Å². The van der Waals surface area contributed by atoms with Crippen LogP contribution in [0.2, 0.25) is 0 Å². The summed E-state index contributed by atoms with van der Waals surface area (Å²) >= 11 is 5.15. The van der Waals surface area contributed by atoms with Crippen molar-refractivity contribution in [3.63, 3.8) is 0 Å². The Bertz CT molecular complexity index is 524. The maximum Gasteiger partial charge on any atom is 0.137 e. The molecule has 0 saturated heterocycles. The molecule has 0 amide bonds. The van der Waals surface area contributed by atoms with Gasteiger partial charge in [-0.15, -0.1) is 0 Å². The first-order valence-corrected chi connectivity index (χ1v) is 4.74. The van der Waals surface area contributed by atoms with E-state index < -0.39 is 0 Å². The largest absolute Gasteiger partial charge is 0.495 e. The van der Waals surface area contributed by atoms with Crippen LogP contribution in [0, 0.1) is 4.64 Å². The Labute approximate surface area is 92.0 Å². The molecule has 0 unspecified atom stereocenters. The van der Waals surface area contributed by atoms with E-state index in [4.69, 9.17) is 17.0 Å². The molecule has 2 heterocycles. The second kappa shape index (κ2) is 4.18. The van der Waals surface area contributed by atoms with E-state index in [2.05, 4.69) is 15.0 Å². The fourth-order valence-corrected chi connectivity index (χ4v) is 1.45. The van der Waals surface area contributed by atoms with E-state index in [1.165, 1.54) is 0 Å². The minimum Gasteiger partial charge on any atom is -0.495 e. The van der Waals surface area contributed by atoms with Crippen LogP contribution in [0.5, 0.6) is 5.75 Å². The summed E-state index contributed by atoms with van der Waals surface area (Å²) in [7, 11) is 1.60. The van der Waals surface area contributed by atoms with Crippen LogP contribution in [-0.2, 0) is 0 Å². The van der Waals surface area contributed by atoms with Gasteiger partial charge in [-0.1, -0.05) is 12.2 Å². The van der Waals surface area contributed by atoms with Crippen LogP contribution in [0.25, 0.3) is 11.1 Å². The molecule has 0 aliphatic carbocycles. The Morgan fingerprint density at radius 3 is 2.87 bits per heavy atom. The molecule has 15 heavy (non-hydrogen) atoms. The predicted molar refractivity (Wildman–Crippen MR) is 59.2 cm³/mol. The van der Waals surface area contributed by atoms with Gasteiger partial charge in [0, 0.05) is 23.5 Å². The molecule has 0 aliphatic heterocycles. The number of methoxy groups -OCH3 is 1. The van der Waals surface area contributed by atoms with Crippen molar-refractivity contribution >= 4 is 12.2 Å². The lowest BCUT2D eigenvalue weighted by molar-refractivity contribution is 0.413. The summed E-state index contributed by atoms with van der Waals surface area (Å²) < 4.78 is 5.73. The number of ether oxygens (including phenoxy) is 1. The maximum atomic E-state index is 5.15. The van der Waals surface area contributed by atoms with E-state index in [1.54, 1.807) is 32.0 Å². The predicted octanol–water partition coefficient (Wildman–Crippen LogP) is 2.21. The summed E-state index contributed by atoms with van der Waals surface area (Å²) in [4.78, 5) is 10.9. The molecule has 0 aromatic carbocycles. The van der Waals surface area contributed by atoms with E-state index in [1.807, 2.05) is 6.07 Å². The normalized spacial score (nSPS) is 9.93. The second-order valence-electron chi connectivity index (χ2n) is 2.91. The molecule has 0 bridgehead atoms. The van der Waals surface area contributed by atoms with Gasteiger partial charge in [-0.05, 0) is 6.07 Å². The third kappa shape index (κ3) is 2.02. The van der Waals surface area contributed by atoms with Crippen molar-refractivity contribution in [2.24, 2.45) is 0 Å².